The van der Waals surface area contributed by atoms with Crippen LogP contribution >= 0.6 is 0 Å². The van der Waals surface area contributed by atoms with Crippen LogP contribution in [0.15, 0.2) is 0 Å². The Morgan fingerprint density at radius 1 is 1.19 bits per heavy atom. The normalized spacial score (nSPS) is 12.2. The van der Waals surface area contributed by atoms with Crippen molar-refractivity contribution in [1.82, 2.24) is 5.32 Å². The summed E-state index contributed by atoms with van der Waals surface area (Å²) < 4.78 is 4.51. The molecule has 0 bridgehead atoms. The van der Waals surface area contributed by atoms with E-state index in [1.54, 1.807) is 13.8 Å². The zero-order valence-electron chi connectivity index (χ0n) is 9.10. The maximum atomic E-state index is 11.2. The summed E-state index contributed by atoms with van der Waals surface area (Å²) in [5.41, 5.74) is 0. The first-order chi connectivity index (χ1) is 7.34. The van der Waals surface area contributed by atoms with Crippen LogP contribution in [0, 0.1) is 5.92 Å². The van der Waals surface area contributed by atoms with Crippen LogP contribution in [0.1, 0.15) is 13.8 Å². The van der Waals surface area contributed by atoms with E-state index in [4.69, 9.17) is 10.2 Å². The highest BCUT2D eigenvalue weighted by Gasteiger charge is 2.23. The number of hydrogen-bond donors (Lipinski definition) is 3. The summed E-state index contributed by atoms with van der Waals surface area (Å²) in [6, 6.07) is -0.999. The molecule has 0 spiro atoms. The van der Waals surface area contributed by atoms with Gasteiger partial charge in [0.1, 0.15) is 19.3 Å². The predicted molar refractivity (Wildman–Crippen MR) is 52.9 cm³/mol. The van der Waals surface area contributed by atoms with E-state index in [1.165, 1.54) is 0 Å². The lowest BCUT2D eigenvalue weighted by molar-refractivity contribution is -0.147. The molecule has 1 atom stereocenters. The second-order valence-electron chi connectivity index (χ2n) is 3.51. The monoisotopic (exact) mass is 233 g/mol. The average Bonchev–Trinajstić information content (AvgIpc) is 2.12. The maximum Gasteiger partial charge on any atom is 0.329 e. The van der Waals surface area contributed by atoms with E-state index in [9.17, 15) is 14.4 Å². The number of carboxylic acids is 2. The van der Waals surface area contributed by atoms with Crippen molar-refractivity contribution >= 4 is 17.8 Å². The number of amides is 1. The molecule has 0 aromatic heterocycles. The fourth-order valence-corrected chi connectivity index (χ4v) is 0.960. The van der Waals surface area contributed by atoms with Gasteiger partial charge in [0.15, 0.2) is 0 Å². The van der Waals surface area contributed by atoms with Crippen LogP contribution in [-0.2, 0) is 19.1 Å². The molecular weight excluding hydrogens is 218 g/mol. The summed E-state index contributed by atoms with van der Waals surface area (Å²) in [7, 11) is 0. The molecule has 7 nitrogen and oxygen atoms in total. The number of carbonyl (C=O) groups excluding carboxylic acids is 1. The lowest BCUT2D eigenvalue weighted by atomic mass is 10.1. The SMILES string of the molecule is CC(C)C(NC(=O)COCC(=O)O)C(=O)O. The molecule has 0 heterocycles. The molecule has 0 aliphatic rings. The summed E-state index contributed by atoms with van der Waals surface area (Å²) in [4.78, 5) is 31.9. The molecule has 1 unspecified atom stereocenters. The molecule has 0 aliphatic carbocycles. The van der Waals surface area contributed by atoms with Crippen LogP contribution in [0.2, 0.25) is 0 Å². The number of hydrogen-bond acceptors (Lipinski definition) is 4. The van der Waals surface area contributed by atoms with Crippen molar-refractivity contribution in [3.63, 3.8) is 0 Å². The molecule has 7 heteroatoms. The topological polar surface area (TPSA) is 113 Å². The average molecular weight is 233 g/mol. The molecule has 16 heavy (non-hydrogen) atoms. The van der Waals surface area contributed by atoms with Crippen molar-refractivity contribution in [2.24, 2.45) is 5.92 Å². The third kappa shape index (κ3) is 5.97. The first-order valence-electron chi connectivity index (χ1n) is 4.66. The van der Waals surface area contributed by atoms with Gasteiger partial charge in [0.05, 0.1) is 0 Å². The molecule has 0 saturated carbocycles. The van der Waals surface area contributed by atoms with Crippen LogP contribution in [-0.4, -0.2) is 47.3 Å². The zero-order valence-corrected chi connectivity index (χ0v) is 9.10. The Kier molecular flexibility index (Phi) is 6.09. The van der Waals surface area contributed by atoms with Crippen molar-refractivity contribution in [3.05, 3.63) is 0 Å². The fraction of sp³-hybridized carbons (Fsp3) is 0.667. The van der Waals surface area contributed by atoms with Gasteiger partial charge >= 0.3 is 11.9 Å². The van der Waals surface area contributed by atoms with Crippen LogP contribution < -0.4 is 5.32 Å². The zero-order chi connectivity index (χ0) is 12.7. The Morgan fingerprint density at radius 3 is 2.12 bits per heavy atom. The minimum absolute atomic E-state index is 0.263. The van der Waals surface area contributed by atoms with E-state index in [2.05, 4.69) is 10.1 Å². The van der Waals surface area contributed by atoms with Gasteiger partial charge < -0.3 is 20.3 Å². The number of ether oxygens (including phenoxy) is 1. The van der Waals surface area contributed by atoms with Gasteiger partial charge in [-0.15, -0.1) is 0 Å². The number of rotatable bonds is 7. The van der Waals surface area contributed by atoms with Crippen LogP contribution in [0.3, 0.4) is 0 Å². The van der Waals surface area contributed by atoms with E-state index in [0.717, 1.165) is 0 Å². The smallest absolute Gasteiger partial charge is 0.329 e. The van der Waals surface area contributed by atoms with Gasteiger partial charge in [-0.2, -0.15) is 0 Å². The third-order valence-electron chi connectivity index (χ3n) is 1.71. The highest BCUT2D eigenvalue weighted by Crippen LogP contribution is 2.01. The van der Waals surface area contributed by atoms with Gasteiger partial charge in [0.2, 0.25) is 5.91 Å². The van der Waals surface area contributed by atoms with Gasteiger partial charge in [0, 0.05) is 0 Å². The van der Waals surface area contributed by atoms with Crippen LogP contribution in [0.5, 0.6) is 0 Å². The number of aliphatic carboxylic acids is 2. The minimum Gasteiger partial charge on any atom is -0.480 e. The molecule has 1 amide bonds. The van der Waals surface area contributed by atoms with E-state index in [0.29, 0.717) is 0 Å². The second kappa shape index (κ2) is 6.78. The van der Waals surface area contributed by atoms with Gasteiger partial charge in [-0.1, -0.05) is 13.8 Å². The van der Waals surface area contributed by atoms with Gasteiger partial charge in [-0.3, -0.25) is 4.79 Å². The highest BCUT2D eigenvalue weighted by atomic mass is 16.5. The van der Waals surface area contributed by atoms with E-state index < -0.39 is 37.1 Å². The molecule has 3 N–H and O–H groups in total. The van der Waals surface area contributed by atoms with Crippen molar-refractivity contribution < 1.29 is 29.3 Å². The van der Waals surface area contributed by atoms with Crippen molar-refractivity contribution in [1.29, 1.82) is 0 Å². The van der Waals surface area contributed by atoms with Gasteiger partial charge in [0.25, 0.3) is 0 Å². The number of carboxylic acid groups (broad SMARTS) is 2. The van der Waals surface area contributed by atoms with Gasteiger partial charge in [-0.25, -0.2) is 9.59 Å². The lowest BCUT2D eigenvalue weighted by Crippen LogP contribution is -2.45. The first-order valence-corrected chi connectivity index (χ1v) is 4.66. The standard InChI is InChI=1S/C9H15NO6/c1-5(2)8(9(14)15)10-6(11)3-16-4-7(12)13/h5,8H,3-4H2,1-2H3,(H,10,11)(H,12,13)(H,14,15). The number of carbonyl (C=O) groups is 3. The predicted octanol–water partition coefficient (Wildman–Crippen LogP) is -0.687. The van der Waals surface area contributed by atoms with Crippen LogP contribution in [0.25, 0.3) is 0 Å². The minimum atomic E-state index is -1.19. The summed E-state index contributed by atoms with van der Waals surface area (Å²) in [5.74, 6) is -3.24. The number of nitrogens with one attached hydrogen (secondary N) is 1. The molecule has 0 saturated heterocycles. The Hall–Kier alpha value is -1.63. The van der Waals surface area contributed by atoms with Crippen molar-refractivity contribution in [2.45, 2.75) is 19.9 Å². The van der Waals surface area contributed by atoms with Gasteiger partial charge in [-0.05, 0) is 5.92 Å². The summed E-state index contributed by atoms with van der Waals surface area (Å²) in [6.45, 7) is 2.24. The molecule has 0 aliphatic heterocycles. The molecule has 92 valence electrons. The Bertz CT molecular complexity index is 275. The van der Waals surface area contributed by atoms with Crippen molar-refractivity contribution in [2.75, 3.05) is 13.2 Å². The molecule has 0 rings (SSSR count). The maximum absolute atomic E-state index is 11.2. The molecular formula is C9H15NO6. The summed E-state index contributed by atoms with van der Waals surface area (Å²) in [5, 5.41) is 19.2. The van der Waals surface area contributed by atoms with E-state index in [-0.39, 0.29) is 5.92 Å². The summed E-state index contributed by atoms with van der Waals surface area (Å²) in [6.07, 6.45) is 0. The molecule has 0 aromatic rings. The highest BCUT2D eigenvalue weighted by molar-refractivity contribution is 5.84. The Labute approximate surface area is 92.4 Å². The van der Waals surface area contributed by atoms with Crippen LogP contribution in [0.4, 0.5) is 0 Å². The molecule has 0 aromatic carbocycles. The summed E-state index contributed by atoms with van der Waals surface area (Å²) >= 11 is 0. The first kappa shape index (κ1) is 14.4. The Morgan fingerprint density at radius 2 is 1.75 bits per heavy atom. The van der Waals surface area contributed by atoms with Crippen molar-refractivity contribution in [3.8, 4) is 0 Å². The molecule has 0 radical (unpaired) electrons. The lowest BCUT2D eigenvalue weighted by Gasteiger charge is -2.17. The Balaban J connectivity index is 4.01. The molecule has 0 fully saturated rings. The van der Waals surface area contributed by atoms with E-state index in [1.807, 2.05) is 0 Å². The third-order valence-corrected chi connectivity index (χ3v) is 1.71. The fourth-order valence-electron chi connectivity index (χ4n) is 0.960. The second-order valence-corrected chi connectivity index (χ2v) is 3.51. The quantitative estimate of drug-likeness (QED) is 0.536. The largest absolute Gasteiger partial charge is 0.480 e. The van der Waals surface area contributed by atoms with E-state index >= 15 is 0 Å².